The van der Waals surface area contributed by atoms with E-state index < -0.39 is 86.1 Å². The lowest BCUT2D eigenvalue weighted by Gasteiger charge is -2.45. The van der Waals surface area contributed by atoms with Crippen molar-refractivity contribution in [2.24, 2.45) is 5.92 Å². The van der Waals surface area contributed by atoms with E-state index in [2.05, 4.69) is 10.6 Å². The highest BCUT2D eigenvalue weighted by atomic mass is 16.8. The van der Waals surface area contributed by atoms with Gasteiger partial charge in [0.25, 0.3) is 0 Å². The van der Waals surface area contributed by atoms with Crippen molar-refractivity contribution in [3.05, 3.63) is 65.7 Å². The summed E-state index contributed by atoms with van der Waals surface area (Å²) in [5, 5.41) is 70.9. The summed E-state index contributed by atoms with van der Waals surface area (Å²) in [4.78, 5) is 40.1. The summed E-state index contributed by atoms with van der Waals surface area (Å²) in [6.45, 7) is 6.19. The number of esters is 1. The van der Waals surface area contributed by atoms with Crippen LogP contribution in [-0.4, -0.2) is 154 Å². The quantitative estimate of drug-likeness (QED) is 0.144. The number of β-amino-alcohol motifs (C(OH)–C–C–N with tert-alkyl or cyclic N) is 1. The Balaban J connectivity index is 1.24. The van der Waals surface area contributed by atoms with Gasteiger partial charge in [-0.1, -0.05) is 44.2 Å². The van der Waals surface area contributed by atoms with Gasteiger partial charge in [0.2, 0.25) is 18.1 Å². The van der Waals surface area contributed by atoms with Crippen LogP contribution in [0.25, 0.3) is 0 Å². The summed E-state index contributed by atoms with van der Waals surface area (Å²) in [5.74, 6) is -0.824. The predicted molar refractivity (Wildman–Crippen MR) is 201 cm³/mol. The zero-order valence-corrected chi connectivity index (χ0v) is 32.5. The van der Waals surface area contributed by atoms with E-state index in [-0.39, 0.29) is 42.0 Å². The molecule has 0 saturated carbocycles. The highest BCUT2D eigenvalue weighted by Crippen LogP contribution is 2.31. The third-order valence-corrected chi connectivity index (χ3v) is 10.6. The molecule has 17 nitrogen and oxygen atoms in total. The van der Waals surface area contributed by atoms with Crippen molar-refractivity contribution >= 4 is 17.8 Å². The van der Waals surface area contributed by atoms with Crippen LogP contribution in [-0.2, 0) is 28.5 Å². The standard InChI is InChI=1S/C40H57N3O14/c1-4-22(2)37(51)43-18-8-16-42-30(45)19-28(41-17-15-26(44)20-43)24-11-13-27(14-12-24)55-40-36(34(49)31(46)23(3)54-40)57-39-35(50)33(48)32(47)29(56-39)21-53-38(52)25-9-6-5-7-10-25/h5-7,9-14,22-23,26,28-29,31-36,39-41,44,46-50H,4,8,15-21H2,1-3H3,(H,42,45)/t22?,23-,26?,28-,29+,31-,32+,33-,34+,35+,36+,39-,40-/m0/s1. The van der Waals surface area contributed by atoms with Crippen LogP contribution in [0.15, 0.2) is 54.6 Å². The number of nitrogens with zero attached hydrogens (tertiary/aromatic N) is 1. The number of benzene rings is 2. The molecule has 2 amide bonds. The summed E-state index contributed by atoms with van der Waals surface area (Å²) in [6.07, 6.45) is -14.2. The van der Waals surface area contributed by atoms with Gasteiger partial charge < -0.3 is 69.9 Å². The van der Waals surface area contributed by atoms with Crippen LogP contribution in [0.5, 0.6) is 5.75 Å². The Labute approximate surface area is 331 Å². The van der Waals surface area contributed by atoms with Crippen LogP contribution in [0.4, 0.5) is 0 Å². The van der Waals surface area contributed by atoms with Gasteiger partial charge in [0.05, 0.1) is 17.8 Å². The maximum Gasteiger partial charge on any atom is 0.338 e. The molecular weight excluding hydrogens is 746 g/mol. The van der Waals surface area contributed by atoms with E-state index in [9.17, 15) is 45.0 Å². The molecule has 316 valence electrons. The molecule has 3 saturated heterocycles. The van der Waals surface area contributed by atoms with Gasteiger partial charge in [-0.3, -0.25) is 9.59 Å². The summed E-state index contributed by atoms with van der Waals surface area (Å²) < 4.78 is 28.9. The molecule has 3 heterocycles. The lowest BCUT2D eigenvalue weighted by Crippen LogP contribution is -2.64. The molecule has 3 aliphatic heterocycles. The number of hydrogen-bond donors (Lipinski definition) is 8. The van der Waals surface area contributed by atoms with Gasteiger partial charge in [0.15, 0.2) is 12.4 Å². The molecule has 0 aliphatic carbocycles. The van der Waals surface area contributed by atoms with E-state index in [1.165, 1.54) is 19.1 Å². The maximum atomic E-state index is 13.0. The number of carbonyl (C=O) groups is 3. The first-order valence-corrected chi connectivity index (χ1v) is 19.6. The Hall–Kier alpha value is -3.75. The number of amides is 2. The molecule has 3 fully saturated rings. The molecular formula is C40H57N3O14. The predicted octanol–water partition coefficient (Wildman–Crippen LogP) is -0.252. The second-order valence-electron chi connectivity index (χ2n) is 14.9. The average Bonchev–Trinajstić information content (AvgIpc) is 3.22. The van der Waals surface area contributed by atoms with Crippen LogP contribution in [0.2, 0.25) is 0 Å². The fourth-order valence-corrected chi connectivity index (χ4v) is 6.90. The summed E-state index contributed by atoms with van der Waals surface area (Å²) in [5.41, 5.74) is 0.985. The van der Waals surface area contributed by atoms with Crippen molar-refractivity contribution < 1.29 is 68.7 Å². The van der Waals surface area contributed by atoms with Gasteiger partial charge in [0, 0.05) is 38.0 Å². The van der Waals surface area contributed by atoms with Crippen molar-refractivity contribution in [2.75, 3.05) is 32.8 Å². The highest BCUT2D eigenvalue weighted by molar-refractivity contribution is 5.89. The summed E-state index contributed by atoms with van der Waals surface area (Å²) in [7, 11) is 0. The van der Waals surface area contributed by atoms with Crippen molar-refractivity contribution in [1.82, 2.24) is 15.5 Å². The number of hydrogen-bond acceptors (Lipinski definition) is 15. The SMILES string of the molecule is CCC(C)C(=O)N1CCCNC(=O)C[C@@H](c2ccc(O[C@@H]3O[C@@H](C)[C@H](O)[C@@H](O)[C@H]3O[C@@H]3O[C@H](COC(=O)c4ccccc4)[C@@H](O)[C@H](O)[C@H]3O)cc2)NCCC(O)C1. The fraction of sp³-hybridized carbons (Fsp3) is 0.625. The van der Waals surface area contributed by atoms with Gasteiger partial charge in [-0.2, -0.15) is 0 Å². The van der Waals surface area contributed by atoms with E-state index in [1.807, 2.05) is 13.8 Å². The Morgan fingerprint density at radius 2 is 1.61 bits per heavy atom. The maximum absolute atomic E-state index is 13.0. The lowest BCUT2D eigenvalue weighted by atomic mass is 9.97. The minimum absolute atomic E-state index is 0.0197. The molecule has 2 unspecified atom stereocenters. The van der Waals surface area contributed by atoms with E-state index in [4.69, 9.17) is 23.7 Å². The van der Waals surface area contributed by atoms with Crippen LogP contribution in [0, 0.1) is 5.92 Å². The molecule has 17 heteroatoms. The van der Waals surface area contributed by atoms with Crippen molar-refractivity contribution in [3.8, 4) is 5.75 Å². The van der Waals surface area contributed by atoms with Gasteiger partial charge in [-0.15, -0.1) is 0 Å². The monoisotopic (exact) mass is 803 g/mol. The minimum atomic E-state index is -1.82. The molecule has 2 aromatic rings. The van der Waals surface area contributed by atoms with E-state index in [0.29, 0.717) is 38.9 Å². The van der Waals surface area contributed by atoms with Crippen LogP contribution < -0.4 is 15.4 Å². The molecule has 0 bridgehead atoms. The van der Waals surface area contributed by atoms with E-state index in [1.54, 1.807) is 47.4 Å². The van der Waals surface area contributed by atoms with E-state index >= 15 is 0 Å². The number of nitrogens with one attached hydrogen (secondary N) is 2. The normalized spacial score (nSPS) is 33.8. The molecule has 0 radical (unpaired) electrons. The first kappa shape index (κ1) is 44.4. The average molecular weight is 804 g/mol. The summed E-state index contributed by atoms with van der Waals surface area (Å²) >= 11 is 0. The zero-order chi connectivity index (χ0) is 41.2. The minimum Gasteiger partial charge on any atom is -0.462 e. The van der Waals surface area contributed by atoms with Gasteiger partial charge in [-0.05, 0) is 62.6 Å². The second-order valence-corrected chi connectivity index (χ2v) is 14.9. The number of aliphatic hydroxyl groups excluding tert-OH is 6. The number of rotatable bonds is 10. The van der Waals surface area contributed by atoms with E-state index in [0.717, 1.165) is 5.56 Å². The smallest absolute Gasteiger partial charge is 0.338 e. The summed E-state index contributed by atoms with van der Waals surface area (Å²) in [6, 6.07) is 14.4. The Morgan fingerprint density at radius 3 is 2.32 bits per heavy atom. The third kappa shape index (κ3) is 11.7. The molecule has 0 spiro atoms. The molecule has 57 heavy (non-hydrogen) atoms. The number of carbonyl (C=O) groups excluding carboxylic acids is 3. The Morgan fingerprint density at radius 1 is 0.895 bits per heavy atom. The van der Waals surface area contributed by atoms with Gasteiger partial charge in [-0.25, -0.2) is 4.79 Å². The van der Waals surface area contributed by atoms with Crippen molar-refractivity contribution in [2.45, 2.75) is 120 Å². The third-order valence-electron chi connectivity index (χ3n) is 10.6. The lowest BCUT2D eigenvalue weighted by molar-refractivity contribution is -0.355. The van der Waals surface area contributed by atoms with Crippen molar-refractivity contribution in [1.29, 1.82) is 0 Å². The second kappa shape index (κ2) is 20.8. The van der Waals surface area contributed by atoms with Crippen LogP contribution >= 0.6 is 0 Å². The first-order chi connectivity index (χ1) is 27.3. The number of aliphatic hydroxyl groups is 6. The Kier molecular flexibility index (Phi) is 16.2. The molecule has 2 aromatic carbocycles. The number of ether oxygens (including phenoxy) is 5. The van der Waals surface area contributed by atoms with Gasteiger partial charge in [0.1, 0.15) is 49.0 Å². The zero-order valence-electron chi connectivity index (χ0n) is 32.5. The molecule has 0 aromatic heterocycles. The largest absolute Gasteiger partial charge is 0.462 e. The van der Waals surface area contributed by atoms with Gasteiger partial charge >= 0.3 is 5.97 Å². The Bertz CT molecular complexity index is 1590. The molecule has 3 aliphatic rings. The first-order valence-electron chi connectivity index (χ1n) is 19.6. The van der Waals surface area contributed by atoms with Crippen molar-refractivity contribution in [3.63, 3.8) is 0 Å². The molecule has 13 atom stereocenters. The highest BCUT2D eigenvalue weighted by Gasteiger charge is 2.51. The molecule has 8 N–H and O–H groups in total. The van der Waals surface area contributed by atoms with Crippen LogP contribution in [0.3, 0.4) is 0 Å². The van der Waals surface area contributed by atoms with Crippen LogP contribution in [0.1, 0.15) is 68.4 Å². The molecule has 5 rings (SSSR count). The fourth-order valence-electron chi connectivity index (χ4n) is 6.90. The topological polar surface area (TPSA) is 246 Å².